The Bertz CT molecular complexity index is 1190. The molecule has 27 heavy (non-hydrogen) atoms. The van der Waals surface area contributed by atoms with Gasteiger partial charge in [-0.25, -0.2) is 22.3 Å². The van der Waals surface area contributed by atoms with Crippen LogP contribution >= 0.6 is 11.3 Å². The number of halogens is 2. The van der Waals surface area contributed by atoms with Crippen LogP contribution in [0.25, 0.3) is 10.2 Å². The number of nitrogens with two attached hydrogens (primary N) is 1. The van der Waals surface area contributed by atoms with E-state index in [-0.39, 0.29) is 9.70 Å². The van der Waals surface area contributed by atoms with Crippen LogP contribution in [0.3, 0.4) is 0 Å². The average Bonchev–Trinajstić information content (AvgIpc) is 2.91. The van der Waals surface area contributed by atoms with Gasteiger partial charge in [0.05, 0.1) is 15.1 Å². The highest BCUT2D eigenvalue weighted by molar-refractivity contribution is 7.89. The molecular formula is C17H15F2N3O3S2. The molecule has 10 heteroatoms. The van der Waals surface area contributed by atoms with Crippen molar-refractivity contribution in [2.75, 3.05) is 0 Å². The van der Waals surface area contributed by atoms with E-state index in [1.54, 1.807) is 10.6 Å². The van der Waals surface area contributed by atoms with Crippen LogP contribution in [0, 0.1) is 11.6 Å². The van der Waals surface area contributed by atoms with Crippen molar-refractivity contribution in [1.29, 1.82) is 0 Å². The van der Waals surface area contributed by atoms with Crippen LogP contribution in [0.1, 0.15) is 23.7 Å². The molecule has 1 heterocycles. The van der Waals surface area contributed by atoms with Gasteiger partial charge in [0.2, 0.25) is 10.0 Å². The smallest absolute Gasteiger partial charge is 0.285 e. The lowest BCUT2D eigenvalue weighted by molar-refractivity contribution is 0.0989. The topological polar surface area (TPSA) is 94.5 Å². The molecule has 0 fully saturated rings. The van der Waals surface area contributed by atoms with Crippen LogP contribution in [-0.2, 0) is 16.6 Å². The Morgan fingerprint density at radius 2 is 1.89 bits per heavy atom. The monoisotopic (exact) mass is 411 g/mol. The van der Waals surface area contributed by atoms with E-state index in [0.29, 0.717) is 23.2 Å². The zero-order chi connectivity index (χ0) is 19.8. The number of hydrogen-bond acceptors (Lipinski definition) is 4. The summed E-state index contributed by atoms with van der Waals surface area (Å²) in [6.45, 7) is 2.40. The van der Waals surface area contributed by atoms with Crippen molar-refractivity contribution in [2.45, 2.75) is 24.8 Å². The summed E-state index contributed by atoms with van der Waals surface area (Å²) in [5.74, 6) is -3.04. The normalized spacial score (nSPS) is 12.7. The highest BCUT2D eigenvalue weighted by Crippen LogP contribution is 2.22. The van der Waals surface area contributed by atoms with Crippen LogP contribution in [0.2, 0.25) is 0 Å². The molecule has 0 bridgehead atoms. The number of thiazole rings is 1. The Morgan fingerprint density at radius 1 is 1.22 bits per heavy atom. The third-order valence-corrected chi connectivity index (χ3v) is 5.76. The molecule has 3 rings (SSSR count). The maximum absolute atomic E-state index is 13.8. The van der Waals surface area contributed by atoms with E-state index < -0.39 is 33.1 Å². The standard InChI is InChI=1S/C17H15F2N3O3S2/c1-2-8-22-13-7-6-10(27(20,24)25)9-14(13)26-17(22)21-16(23)15-11(18)4-3-5-12(15)19/h3-7,9H,2,8H2,1H3,(H2,20,24,25). The molecule has 0 saturated carbocycles. The van der Waals surface area contributed by atoms with Crippen LogP contribution in [0.15, 0.2) is 46.3 Å². The van der Waals surface area contributed by atoms with Gasteiger partial charge in [-0.3, -0.25) is 4.79 Å². The van der Waals surface area contributed by atoms with E-state index in [1.165, 1.54) is 12.1 Å². The molecule has 0 saturated heterocycles. The number of fused-ring (bicyclic) bond motifs is 1. The van der Waals surface area contributed by atoms with Crippen LogP contribution in [-0.4, -0.2) is 18.9 Å². The van der Waals surface area contributed by atoms with Crippen molar-refractivity contribution in [3.63, 3.8) is 0 Å². The minimum Gasteiger partial charge on any atom is -0.316 e. The lowest BCUT2D eigenvalue weighted by Crippen LogP contribution is -2.17. The van der Waals surface area contributed by atoms with Crippen molar-refractivity contribution in [2.24, 2.45) is 10.1 Å². The molecule has 0 aliphatic carbocycles. The second-order valence-electron chi connectivity index (χ2n) is 5.72. The van der Waals surface area contributed by atoms with Gasteiger partial charge in [0, 0.05) is 6.54 Å². The first kappa shape index (κ1) is 19.3. The summed E-state index contributed by atoms with van der Waals surface area (Å²) in [6, 6.07) is 7.43. The number of nitrogens with zero attached hydrogens (tertiary/aromatic N) is 2. The number of aromatic nitrogens is 1. The molecule has 0 aliphatic heterocycles. The molecule has 0 spiro atoms. The van der Waals surface area contributed by atoms with E-state index >= 15 is 0 Å². The number of aryl methyl sites for hydroxylation is 1. The molecule has 0 radical (unpaired) electrons. The molecule has 2 aromatic carbocycles. The van der Waals surface area contributed by atoms with Gasteiger partial charge in [0.1, 0.15) is 17.2 Å². The highest BCUT2D eigenvalue weighted by atomic mass is 32.2. The summed E-state index contributed by atoms with van der Waals surface area (Å²) >= 11 is 1.04. The van der Waals surface area contributed by atoms with E-state index in [2.05, 4.69) is 4.99 Å². The molecule has 0 atom stereocenters. The third kappa shape index (κ3) is 3.82. The molecule has 1 aromatic heterocycles. The molecule has 0 unspecified atom stereocenters. The lowest BCUT2D eigenvalue weighted by Gasteiger charge is -2.04. The summed E-state index contributed by atoms with van der Waals surface area (Å²) < 4.78 is 53.0. The fourth-order valence-corrected chi connectivity index (χ4v) is 4.31. The van der Waals surface area contributed by atoms with Gasteiger partial charge in [0.25, 0.3) is 5.91 Å². The second kappa shape index (κ2) is 7.29. The van der Waals surface area contributed by atoms with Gasteiger partial charge >= 0.3 is 0 Å². The van der Waals surface area contributed by atoms with Crippen molar-refractivity contribution >= 4 is 37.5 Å². The van der Waals surface area contributed by atoms with E-state index in [1.807, 2.05) is 6.92 Å². The number of rotatable bonds is 4. The maximum atomic E-state index is 13.8. The fraction of sp³-hybridized carbons (Fsp3) is 0.176. The zero-order valence-electron chi connectivity index (χ0n) is 14.1. The number of carbonyl (C=O) groups excluding carboxylic acids is 1. The fourth-order valence-electron chi connectivity index (χ4n) is 2.60. The largest absolute Gasteiger partial charge is 0.316 e. The van der Waals surface area contributed by atoms with Crippen molar-refractivity contribution in [1.82, 2.24) is 4.57 Å². The molecule has 2 N–H and O–H groups in total. The number of primary sulfonamides is 1. The Labute approximate surface area is 157 Å². The summed E-state index contributed by atoms with van der Waals surface area (Å²) in [6.07, 6.45) is 0.707. The molecule has 3 aromatic rings. The van der Waals surface area contributed by atoms with Gasteiger partial charge in [-0.05, 0) is 36.8 Å². The Balaban J connectivity index is 2.22. The number of hydrogen-bond donors (Lipinski definition) is 1. The highest BCUT2D eigenvalue weighted by Gasteiger charge is 2.18. The third-order valence-electron chi connectivity index (χ3n) is 3.80. The van der Waals surface area contributed by atoms with Crippen molar-refractivity contribution in [3.8, 4) is 0 Å². The second-order valence-corrected chi connectivity index (χ2v) is 8.29. The summed E-state index contributed by atoms with van der Waals surface area (Å²) in [7, 11) is -3.89. The van der Waals surface area contributed by atoms with E-state index in [9.17, 15) is 22.0 Å². The minimum atomic E-state index is -3.89. The number of benzene rings is 2. The van der Waals surface area contributed by atoms with Crippen LogP contribution < -0.4 is 9.94 Å². The van der Waals surface area contributed by atoms with E-state index in [0.717, 1.165) is 29.5 Å². The lowest BCUT2D eigenvalue weighted by atomic mass is 10.2. The number of sulfonamides is 1. The maximum Gasteiger partial charge on any atom is 0.285 e. The van der Waals surface area contributed by atoms with Gasteiger partial charge < -0.3 is 4.57 Å². The van der Waals surface area contributed by atoms with Crippen molar-refractivity contribution in [3.05, 3.63) is 58.4 Å². The zero-order valence-corrected chi connectivity index (χ0v) is 15.8. The number of carbonyl (C=O) groups is 1. The SMILES string of the molecule is CCCn1c(=NC(=O)c2c(F)cccc2F)sc2cc(S(N)(=O)=O)ccc21. The molecule has 0 aliphatic rings. The molecular weight excluding hydrogens is 396 g/mol. The minimum absolute atomic E-state index is 0.0714. The summed E-state index contributed by atoms with van der Waals surface area (Å²) in [5, 5.41) is 5.15. The Hall–Kier alpha value is -2.43. The average molecular weight is 411 g/mol. The van der Waals surface area contributed by atoms with Gasteiger partial charge in [0.15, 0.2) is 4.80 Å². The molecule has 142 valence electrons. The van der Waals surface area contributed by atoms with Crippen LogP contribution in [0.4, 0.5) is 8.78 Å². The summed E-state index contributed by atoms with van der Waals surface area (Å²) in [4.78, 5) is 16.4. The first-order valence-corrected chi connectivity index (χ1v) is 10.3. The summed E-state index contributed by atoms with van der Waals surface area (Å²) in [5.41, 5.74) is -0.0852. The van der Waals surface area contributed by atoms with Gasteiger partial charge in [-0.15, -0.1) is 0 Å². The van der Waals surface area contributed by atoms with E-state index in [4.69, 9.17) is 5.14 Å². The quantitative estimate of drug-likeness (QED) is 0.715. The van der Waals surface area contributed by atoms with Crippen LogP contribution in [0.5, 0.6) is 0 Å². The van der Waals surface area contributed by atoms with Gasteiger partial charge in [-0.1, -0.05) is 24.3 Å². The number of amides is 1. The molecule has 1 amide bonds. The van der Waals surface area contributed by atoms with Gasteiger partial charge in [-0.2, -0.15) is 4.99 Å². The molecule has 6 nitrogen and oxygen atoms in total. The Kier molecular flexibility index (Phi) is 5.22. The first-order chi connectivity index (χ1) is 12.7. The predicted octanol–water partition coefficient (Wildman–Crippen LogP) is 2.78. The predicted molar refractivity (Wildman–Crippen MR) is 97.7 cm³/mol. The van der Waals surface area contributed by atoms with Crippen molar-refractivity contribution < 1.29 is 22.0 Å². The first-order valence-electron chi connectivity index (χ1n) is 7.91. The Morgan fingerprint density at radius 3 is 2.48 bits per heavy atom.